The first-order chi connectivity index (χ1) is 14.6. The molecule has 3 rings (SSSR count). The van der Waals surface area contributed by atoms with Crippen LogP contribution in [0.5, 0.6) is 0 Å². The number of amidine groups is 1. The summed E-state index contributed by atoms with van der Waals surface area (Å²) in [6, 6.07) is 2.78. The van der Waals surface area contributed by atoms with Gasteiger partial charge in [-0.25, -0.2) is 22.0 Å². The molecule has 0 radical (unpaired) electrons. The molecule has 2 N–H and O–H groups in total. The Morgan fingerprint density at radius 2 is 1.90 bits per heavy atom. The molecule has 31 heavy (non-hydrogen) atoms. The van der Waals surface area contributed by atoms with Gasteiger partial charge in [-0.15, -0.1) is 4.40 Å². The lowest BCUT2D eigenvalue weighted by Crippen LogP contribution is -2.37. The molecule has 0 aromatic heterocycles. The Labute approximate surface area is 175 Å². The van der Waals surface area contributed by atoms with Gasteiger partial charge in [0.2, 0.25) is 5.91 Å². The second kappa shape index (κ2) is 9.04. The maximum absolute atomic E-state index is 13.1. The minimum Gasteiger partial charge on any atom is -0.452 e. The SMILES string of the molecule is O=C(COC(=O)C1=CN2CCS(=O)(=O)N=C2C=C1)NCC(=O)Nc1ccc(F)c(F)c1. The van der Waals surface area contributed by atoms with Gasteiger partial charge in [0, 0.05) is 24.5 Å². The van der Waals surface area contributed by atoms with E-state index < -0.39 is 52.6 Å². The van der Waals surface area contributed by atoms with Gasteiger partial charge < -0.3 is 20.3 Å². The molecule has 0 fully saturated rings. The van der Waals surface area contributed by atoms with Crippen LogP contribution in [0.1, 0.15) is 0 Å². The van der Waals surface area contributed by atoms with Gasteiger partial charge in [0.15, 0.2) is 18.2 Å². The van der Waals surface area contributed by atoms with Crippen LogP contribution in [0.4, 0.5) is 14.5 Å². The number of ether oxygens (including phenoxy) is 1. The highest BCUT2D eigenvalue weighted by atomic mass is 32.2. The van der Waals surface area contributed by atoms with Crippen molar-refractivity contribution in [1.29, 1.82) is 0 Å². The number of carbonyl (C=O) groups is 3. The molecule has 2 amide bonds. The molecule has 0 saturated heterocycles. The second-order valence-electron chi connectivity index (χ2n) is 6.38. The molecular formula is C18H16F2N4O6S. The number of hydrogen-bond donors (Lipinski definition) is 2. The lowest BCUT2D eigenvalue weighted by molar-refractivity contribution is -0.144. The van der Waals surface area contributed by atoms with Gasteiger partial charge in [0.1, 0.15) is 5.84 Å². The standard InChI is InChI=1S/C18H16F2N4O6S/c19-13-3-2-12(7-14(13)20)22-16(25)8-21-17(26)10-30-18(27)11-1-4-15-23-31(28,29)6-5-24(15)9-11/h1-4,7,9H,5-6,8,10H2,(H,21,26)(H,22,25). The Kier molecular flexibility index (Phi) is 6.44. The van der Waals surface area contributed by atoms with Crippen LogP contribution in [0.2, 0.25) is 0 Å². The number of sulfonamides is 1. The van der Waals surface area contributed by atoms with Gasteiger partial charge in [-0.1, -0.05) is 0 Å². The van der Waals surface area contributed by atoms with E-state index in [1.165, 1.54) is 23.3 Å². The van der Waals surface area contributed by atoms with Crippen molar-refractivity contribution in [3.05, 3.63) is 53.8 Å². The van der Waals surface area contributed by atoms with E-state index >= 15 is 0 Å². The van der Waals surface area contributed by atoms with Crippen molar-refractivity contribution in [2.45, 2.75) is 0 Å². The quantitative estimate of drug-likeness (QED) is 0.581. The fourth-order valence-electron chi connectivity index (χ4n) is 2.55. The number of nitrogens with zero attached hydrogens (tertiary/aromatic N) is 2. The van der Waals surface area contributed by atoms with Gasteiger partial charge in [0.25, 0.3) is 15.9 Å². The number of amides is 2. The van der Waals surface area contributed by atoms with Crippen molar-refractivity contribution in [2.75, 3.05) is 30.8 Å². The van der Waals surface area contributed by atoms with E-state index in [0.717, 1.165) is 18.2 Å². The van der Waals surface area contributed by atoms with E-state index in [-0.39, 0.29) is 29.4 Å². The van der Waals surface area contributed by atoms with Gasteiger partial charge in [-0.2, -0.15) is 0 Å². The Hall–Kier alpha value is -3.61. The first kappa shape index (κ1) is 22.1. The Bertz CT molecular complexity index is 1130. The zero-order chi connectivity index (χ0) is 22.6. The summed E-state index contributed by atoms with van der Waals surface area (Å²) >= 11 is 0. The summed E-state index contributed by atoms with van der Waals surface area (Å²) in [5.41, 5.74) is 0.0937. The highest BCUT2D eigenvalue weighted by Gasteiger charge is 2.25. The van der Waals surface area contributed by atoms with E-state index in [0.29, 0.717) is 0 Å². The first-order valence-electron chi connectivity index (χ1n) is 8.81. The van der Waals surface area contributed by atoms with Crippen LogP contribution in [0.15, 0.2) is 46.5 Å². The molecule has 0 atom stereocenters. The topological polar surface area (TPSA) is 134 Å². The number of anilines is 1. The van der Waals surface area contributed by atoms with Crippen molar-refractivity contribution >= 4 is 39.3 Å². The average molecular weight is 454 g/mol. The number of fused-ring (bicyclic) bond motifs is 1. The largest absolute Gasteiger partial charge is 0.452 e. The van der Waals surface area contributed by atoms with Crippen molar-refractivity contribution in [3.63, 3.8) is 0 Å². The molecule has 0 saturated carbocycles. The maximum Gasteiger partial charge on any atom is 0.340 e. The van der Waals surface area contributed by atoms with E-state index in [1.807, 2.05) is 0 Å². The van der Waals surface area contributed by atoms with Crippen LogP contribution >= 0.6 is 0 Å². The fraction of sp³-hybridized carbons (Fsp3) is 0.222. The zero-order valence-electron chi connectivity index (χ0n) is 15.8. The molecule has 2 aliphatic heterocycles. The van der Waals surface area contributed by atoms with Crippen LogP contribution in [-0.4, -0.2) is 62.4 Å². The average Bonchev–Trinajstić information content (AvgIpc) is 2.72. The smallest absolute Gasteiger partial charge is 0.340 e. The molecule has 0 unspecified atom stereocenters. The fourth-order valence-corrected chi connectivity index (χ4v) is 3.51. The van der Waals surface area contributed by atoms with E-state index in [2.05, 4.69) is 15.0 Å². The summed E-state index contributed by atoms with van der Waals surface area (Å²) in [5.74, 6) is -4.51. The summed E-state index contributed by atoms with van der Waals surface area (Å²) < 4.78 is 57.4. The molecule has 1 aromatic rings. The third-order valence-electron chi connectivity index (χ3n) is 4.04. The second-order valence-corrected chi connectivity index (χ2v) is 8.13. The van der Waals surface area contributed by atoms with Crippen molar-refractivity contribution in [3.8, 4) is 0 Å². The molecule has 0 bridgehead atoms. The van der Waals surface area contributed by atoms with Crippen LogP contribution in [0, 0.1) is 11.6 Å². The number of esters is 1. The first-order valence-corrected chi connectivity index (χ1v) is 10.4. The number of benzene rings is 1. The summed E-state index contributed by atoms with van der Waals surface area (Å²) in [5, 5.41) is 4.48. The van der Waals surface area contributed by atoms with Crippen molar-refractivity contribution in [1.82, 2.24) is 10.2 Å². The lowest BCUT2D eigenvalue weighted by Gasteiger charge is -2.26. The molecular weight excluding hydrogens is 438 g/mol. The zero-order valence-corrected chi connectivity index (χ0v) is 16.6. The van der Waals surface area contributed by atoms with Gasteiger partial charge in [0.05, 0.1) is 17.9 Å². The highest BCUT2D eigenvalue weighted by Crippen LogP contribution is 2.16. The normalized spacial score (nSPS) is 16.5. The number of hydrogen-bond acceptors (Lipinski definition) is 7. The molecule has 0 aliphatic carbocycles. The number of halogens is 2. The minimum absolute atomic E-state index is 0.00835. The van der Waals surface area contributed by atoms with Crippen molar-refractivity contribution < 1.29 is 36.3 Å². The van der Waals surface area contributed by atoms with Gasteiger partial charge in [-0.3, -0.25) is 9.59 Å². The summed E-state index contributed by atoms with van der Waals surface area (Å²) in [7, 11) is -3.52. The molecule has 10 nitrogen and oxygen atoms in total. The van der Waals surface area contributed by atoms with E-state index in [9.17, 15) is 31.6 Å². The van der Waals surface area contributed by atoms with Crippen LogP contribution in [-0.2, 0) is 29.1 Å². The molecule has 0 spiro atoms. The monoisotopic (exact) mass is 454 g/mol. The summed E-state index contributed by atoms with van der Waals surface area (Å²) in [6.07, 6.45) is 4.02. The third-order valence-corrected chi connectivity index (χ3v) is 5.21. The molecule has 13 heteroatoms. The Morgan fingerprint density at radius 3 is 2.65 bits per heavy atom. The minimum atomic E-state index is -3.52. The predicted molar refractivity (Wildman–Crippen MR) is 104 cm³/mol. The Morgan fingerprint density at radius 1 is 1.13 bits per heavy atom. The Balaban J connectivity index is 1.44. The maximum atomic E-state index is 13.1. The molecule has 164 valence electrons. The molecule has 2 aliphatic rings. The molecule has 1 aromatic carbocycles. The summed E-state index contributed by atoms with van der Waals surface area (Å²) in [4.78, 5) is 37.1. The number of rotatable bonds is 6. The predicted octanol–water partition coefficient (Wildman–Crippen LogP) is 0.0603. The third kappa shape index (κ3) is 5.94. The van der Waals surface area contributed by atoms with Crippen LogP contribution < -0.4 is 10.6 Å². The lowest BCUT2D eigenvalue weighted by atomic mass is 10.2. The van der Waals surface area contributed by atoms with Gasteiger partial charge in [-0.05, 0) is 24.3 Å². The number of carbonyl (C=O) groups excluding carboxylic acids is 3. The van der Waals surface area contributed by atoms with Gasteiger partial charge >= 0.3 is 5.97 Å². The van der Waals surface area contributed by atoms with E-state index in [4.69, 9.17) is 4.74 Å². The van der Waals surface area contributed by atoms with Crippen LogP contribution in [0.3, 0.4) is 0 Å². The highest BCUT2D eigenvalue weighted by molar-refractivity contribution is 7.90. The number of nitrogens with one attached hydrogen (secondary N) is 2. The summed E-state index contributed by atoms with van der Waals surface area (Å²) in [6.45, 7) is -1.03. The van der Waals surface area contributed by atoms with E-state index in [1.54, 1.807) is 0 Å². The van der Waals surface area contributed by atoms with Crippen LogP contribution in [0.25, 0.3) is 0 Å². The van der Waals surface area contributed by atoms with Crippen molar-refractivity contribution in [2.24, 2.45) is 4.40 Å². The molecule has 2 heterocycles.